The first-order valence-electron chi connectivity index (χ1n) is 8.38. The molecule has 10 atom stereocenters. The fourth-order valence-corrected chi connectivity index (χ4v) is 4.01. The molecule has 3 aliphatic rings. The van der Waals surface area contributed by atoms with Crippen molar-refractivity contribution in [3.63, 3.8) is 0 Å². The average molecular weight is 415 g/mol. The van der Waals surface area contributed by atoms with Crippen molar-refractivity contribution in [2.24, 2.45) is 5.92 Å². The van der Waals surface area contributed by atoms with Crippen LogP contribution in [0.4, 0.5) is 0 Å². The Morgan fingerprint density at radius 3 is 2.44 bits per heavy atom. The predicted octanol–water partition coefficient (Wildman–Crippen LogP) is -2.94. The molecule has 0 aliphatic carbocycles. The Bertz CT molecular complexity index is 611. The van der Waals surface area contributed by atoms with Crippen LogP contribution in [0.3, 0.4) is 0 Å². The number of methoxy groups -OCH3 is 1. The predicted molar refractivity (Wildman–Crippen MR) is 81.8 cm³/mol. The van der Waals surface area contributed by atoms with E-state index in [0.29, 0.717) is 0 Å². The van der Waals surface area contributed by atoms with Gasteiger partial charge in [-0.1, -0.05) is 6.92 Å². The Kier molecular flexibility index (Phi) is 6.39. The van der Waals surface area contributed by atoms with Crippen molar-refractivity contribution < 1.29 is 56.2 Å². The maximum absolute atomic E-state index is 11.0. The summed E-state index contributed by atoms with van der Waals surface area (Å²) in [6.45, 7) is 1.09. The zero-order chi connectivity index (χ0) is 19.9. The van der Waals surface area contributed by atoms with Gasteiger partial charge in [-0.3, -0.25) is 4.18 Å². The molecule has 0 spiro atoms. The van der Waals surface area contributed by atoms with Crippen LogP contribution >= 0.6 is 0 Å². The first-order chi connectivity index (χ1) is 12.7. The minimum absolute atomic E-state index is 0.0123. The number of hydrogen-bond acceptors (Lipinski definition) is 12. The molecule has 0 aromatic rings. The summed E-state index contributed by atoms with van der Waals surface area (Å²) in [4.78, 5) is 0. The topological polar surface area (TPSA) is 173 Å². The molecule has 13 heteroatoms. The number of fused-ring (bicyclic) bond motifs is 2. The normalized spacial score (nSPS) is 47.9. The number of hydrogen-bond donors (Lipinski definition) is 3. The van der Waals surface area contributed by atoms with Gasteiger partial charge in [0.15, 0.2) is 18.7 Å². The van der Waals surface area contributed by atoms with E-state index < -0.39 is 78.2 Å². The van der Waals surface area contributed by atoms with E-state index in [2.05, 4.69) is 4.18 Å². The van der Waals surface area contributed by atoms with Gasteiger partial charge in [-0.15, -0.1) is 0 Å². The number of aliphatic hydroxyl groups excluding tert-OH is 3. The van der Waals surface area contributed by atoms with Gasteiger partial charge in [0.05, 0.1) is 19.3 Å². The van der Waals surface area contributed by atoms with E-state index in [9.17, 15) is 28.3 Å². The van der Waals surface area contributed by atoms with Gasteiger partial charge in [-0.05, 0) is 0 Å². The highest BCUT2D eigenvalue weighted by molar-refractivity contribution is 7.80. The Morgan fingerprint density at radius 2 is 1.85 bits per heavy atom. The Hall–Kier alpha value is -0.450. The van der Waals surface area contributed by atoms with Crippen LogP contribution in [0.1, 0.15) is 6.92 Å². The second-order valence-corrected chi connectivity index (χ2v) is 7.72. The monoisotopic (exact) mass is 415 g/mol. The van der Waals surface area contributed by atoms with Crippen molar-refractivity contribution in [3.8, 4) is 0 Å². The third-order valence-electron chi connectivity index (χ3n) is 5.02. The zero-order valence-electron chi connectivity index (χ0n) is 14.6. The Balaban J connectivity index is 1.76. The first-order valence-corrected chi connectivity index (χ1v) is 9.71. The highest BCUT2D eigenvalue weighted by Gasteiger charge is 2.56. The molecule has 0 amide bonds. The number of rotatable bonds is 6. The maximum Gasteiger partial charge on any atom is 0.218 e. The molecular weight excluding hydrogens is 392 g/mol. The molecular formula is C14H23O12S-. The van der Waals surface area contributed by atoms with E-state index in [1.807, 2.05) is 0 Å². The molecule has 158 valence electrons. The molecule has 3 saturated heterocycles. The standard InChI is InChI=1S/C14H24O12S/c1-5-8(16)6(3-15)23-13(9(5)17)25-10-7-4-22-11(10)12(14(21-2)24-7)26-27(18,19)20/h5-17H,3-4H2,1-2H3,(H,18,19,20)/p-1/t5-,6?,7?,8+,9?,10-,11+,12?,13-,14-/m0/s1. The lowest BCUT2D eigenvalue weighted by Crippen LogP contribution is -2.60. The third kappa shape index (κ3) is 4.28. The SMILES string of the molecule is CO[C@H]1OC2CO[C@@H](C1OS(=O)(=O)[O-])[C@H]2O[C@@H]1OC(CO)[C@H](O)[C@H](C)C1O. The van der Waals surface area contributed by atoms with Crippen LogP contribution in [0.5, 0.6) is 0 Å². The minimum atomic E-state index is -5.08. The van der Waals surface area contributed by atoms with E-state index in [0.717, 1.165) is 0 Å². The van der Waals surface area contributed by atoms with Crippen molar-refractivity contribution in [2.45, 2.75) is 62.2 Å². The van der Waals surface area contributed by atoms with Gasteiger partial charge in [-0.2, -0.15) is 0 Å². The van der Waals surface area contributed by atoms with Gasteiger partial charge in [0.2, 0.25) is 10.4 Å². The summed E-state index contributed by atoms with van der Waals surface area (Å²) in [7, 11) is -3.83. The summed E-state index contributed by atoms with van der Waals surface area (Å²) in [5, 5.41) is 29.6. The van der Waals surface area contributed by atoms with Crippen LogP contribution in [-0.2, 0) is 38.3 Å². The van der Waals surface area contributed by atoms with Crippen LogP contribution in [-0.4, -0.2) is 104 Å². The maximum atomic E-state index is 11.0. The van der Waals surface area contributed by atoms with E-state index in [-0.39, 0.29) is 6.61 Å². The van der Waals surface area contributed by atoms with Gasteiger partial charge in [0.1, 0.15) is 30.5 Å². The Labute approximate surface area is 155 Å². The van der Waals surface area contributed by atoms with E-state index in [4.69, 9.17) is 23.7 Å². The Morgan fingerprint density at radius 1 is 1.15 bits per heavy atom. The summed E-state index contributed by atoms with van der Waals surface area (Å²) >= 11 is 0. The summed E-state index contributed by atoms with van der Waals surface area (Å²) in [6.07, 6.45) is -9.81. The van der Waals surface area contributed by atoms with Gasteiger partial charge in [0, 0.05) is 13.0 Å². The van der Waals surface area contributed by atoms with E-state index >= 15 is 0 Å². The van der Waals surface area contributed by atoms with Crippen LogP contribution in [0.15, 0.2) is 0 Å². The number of ether oxygens (including phenoxy) is 5. The van der Waals surface area contributed by atoms with Crippen molar-refractivity contribution in [3.05, 3.63) is 0 Å². The molecule has 2 bridgehead atoms. The van der Waals surface area contributed by atoms with Crippen LogP contribution in [0.2, 0.25) is 0 Å². The molecule has 0 aromatic carbocycles. The van der Waals surface area contributed by atoms with Crippen LogP contribution in [0, 0.1) is 5.92 Å². The molecule has 12 nitrogen and oxygen atoms in total. The van der Waals surface area contributed by atoms with Crippen LogP contribution in [0.25, 0.3) is 0 Å². The largest absolute Gasteiger partial charge is 0.726 e. The third-order valence-corrected chi connectivity index (χ3v) is 5.48. The summed E-state index contributed by atoms with van der Waals surface area (Å²) in [5.41, 5.74) is 0. The van der Waals surface area contributed by atoms with Gasteiger partial charge in [0.25, 0.3) is 0 Å². The molecule has 0 saturated carbocycles. The van der Waals surface area contributed by atoms with E-state index in [1.165, 1.54) is 7.11 Å². The number of aliphatic hydroxyl groups is 3. The fourth-order valence-electron chi connectivity index (χ4n) is 3.54. The summed E-state index contributed by atoms with van der Waals surface area (Å²) in [5.74, 6) is -0.662. The highest BCUT2D eigenvalue weighted by Crippen LogP contribution is 2.37. The van der Waals surface area contributed by atoms with Crippen molar-refractivity contribution in [1.82, 2.24) is 0 Å². The van der Waals surface area contributed by atoms with Crippen LogP contribution < -0.4 is 0 Å². The molecule has 3 heterocycles. The molecule has 0 aromatic heterocycles. The molecule has 0 radical (unpaired) electrons. The van der Waals surface area contributed by atoms with Crippen molar-refractivity contribution in [1.29, 1.82) is 0 Å². The minimum Gasteiger partial charge on any atom is -0.726 e. The summed E-state index contributed by atoms with van der Waals surface area (Å²) in [6, 6.07) is 0. The molecule has 3 rings (SSSR count). The second kappa shape index (κ2) is 8.12. The lowest BCUT2D eigenvalue weighted by Gasteiger charge is -2.44. The zero-order valence-corrected chi connectivity index (χ0v) is 15.4. The van der Waals surface area contributed by atoms with Crippen molar-refractivity contribution >= 4 is 10.4 Å². The van der Waals surface area contributed by atoms with Gasteiger partial charge in [-0.25, -0.2) is 8.42 Å². The molecule has 3 aliphatic heterocycles. The quantitative estimate of drug-likeness (QED) is 0.298. The van der Waals surface area contributed by atoms with Gasteiger partial charge < -0.3 is 43.6 Å². The summed E-state index contributed by atoms with van der Waals surface area (Å²) < 4.78 is 64.8. The molecule has 3 N–H and O–H groups in total. The van der Waals surface area contributed by atoms with Crippen molar-refractivity contribution in [2.75, 3.05) is 20.3 Å². The lowest BCUT2D eigenvalue weighted by atomic mass is 9.90. The molecule has 4 unspecified atom stereocenters. The molecule has 27 heavy (non-hydrogen) atoms. The van der Waals surface area contributed by atoms with E-state index in [1.54, 1.807) is 6.92 Å². The average Bonchev–Trinajstić information content (AvgIpc) is 2.90. The second-order valence-electron chi connectivity index (χ2n) is 6.71. The fraction of sp³-hybridized carbons (Fsp3) is 1.00. The first kappa shape index (κ1) is 21.3. The smallest absolute Gasteiger partial charge is 0.218 e. The highest BCUT2D eigenvalue weighted by atomic mass is 32.3. The van der Waals surface area contributed by atoms with Gasteiger partial charge >= 0.3 is 0 Å². The molecule has 3 fully saturated rings. The lowest BCUT2D eigenvalue weighted by molar-refractivity contribution is -0.329.